The van der Waals surface area contributed by atoms with Crippen LogP contribution in [0.15, 0.2) is 73.3 Å². The van der Waals surface area contributed by atoms with Gasteiger partial charge in [-0.2, -0.15) is 13.2 Å². The predicted molar refractivity (Wildman–Crippen MR) is 93.5 cm³/mol. The van der Waals surface area contributed by atoms with E-state index in [2.05, 4.69) is 11.9 Å². The standard InChI is InChI=1S/C20H20F3NO2/c1-3-17(14-15-10-6-4-7-11-15)24-18(25)19(26-2,20(21,22)23)16-12-8-5-9-13-16/h3-13,17H,1,14H2,2H3,(H,24,25)/t17?,19-/m0/s1. The molecule has 0 saturated heterocycles. The van der Waals surface area contributed by atoms with Crippen molar-refractivity contribution >= 4 is 5.91 Å². The summed E-state index contributed by atoms with van der Waals surface area (Å²) in [6, 6.07) is 15.3. The van der Waals surface area contributed by atoms with Crippen LogP contribution >= 0.6 is 0 Å². The first-order chi connectivity index (χ1) is 12.3. The number of hydrogen-bond donors (Lipinski definition) is 1. The van der Waals surface area contributed by atoms with Gasteiger partial charge in [-0.3, -0.25) is 4.79 Å². The van der Waals surface area contributed by atoms with E-state index in [4.69, 9.17) is 4.74 Å². The van der Waals surface area contributed by atoms with Gasteiger partial charge in [-0.05, 0) is 12.0 Å². The number of carbonyl (C=O) groups is 1. The monoisotopic (exact) mass is 363 g/mol. The normalized spacial score (nSPS) is 14.9. The molecule has 0 bridgehead atoms. The SMILES string of the molecule is C=CC(Cc1ccccc1)NC(=O)[C@@](OC)(c1ccccc1)C(F)(F)F. The summed E-state index contributed by atoms with van der Waals surface area (Å²) in [7, 11) is 0.875. The maximum Gasteiger partial charge on any atom is 0.430 e. The highest BCUT2D eigenvalue weighted by molar-refractivity contribution is 5.88. The van der Waals surface area contributed by atoms with Crippen molar-refractivity contribution in [2.75, 3.05) is 7.11 Å². The summed E-state index contributed by atoms with van der Waals surface area (Å²) in [5, 5.41) is 2.41. The topological polar surface area (TPSA) is 38.3 Å². The number of alkyl halides is 3. The molecule has 1 N–H and O–H groups in total. The van der Waals surface area contributed by atoms with Gasteiger partial charge in [0.2, 0.25) is 0 Å². The van der Waals surface area contributed by atoms with E-state index in [0.717, 1.165) is 12.7 Å². The van der Waals surface area contributed by atoms with Crippen molar-refractivity contribution in [2.24, 2.45) is 0 Å². The van der Waals surface area contributed by atoms with E-state index >= 15 is 0 Å². The molecule has 3 nitrogen and oxygen atoms in total. The van der Waals surface area contributed by atoms with Gasteiger partial charge in [0.25, 0.3) is 11.5 Å². The van der Waals surface area contributed by atoms with Crippen LogP contribution < -0.4 is 5.32 Å². The highest BCUT2D eigenvalue weighted by Crippen LogP contribution is 2.42. The van der Waals surface area contributed by atoms with Gasteiger partial charge in [0, 0.05) is 12.7 Å². The first-order valence-electron chi connectivity index (χ1n) is 8.00. The Balaban J connectivity index is 2.33. The first-order valence-corrected chi connectivity index (χ1v) is 8.00. The maximum absolute atomic E-state index is 13.9. The Bertz CT molecular complexity index is 732. The third-order valence-corrected chi connectivity index (χ3v) is 4.10. The van der Waals surface area contributed by atoms with Crippen LogP contribution in [-0.4, -0.2) is 25.2 Å². The third kappa shape index (κ3) is 3.96. The van der Waals surface area contributed by atoms with E-state index in [1.165, 1.54) is 30.3 Å². The van der Waals surface area contributed by atoms with Crippen LogP contribution in [0.2, 0.25) is 0 Å². The predicted octanol–water partition coefficient (Wildman–Crippen LogP) is 4.00. The van der Waals surface area contributed by atoms with Crippen LogP contribution in [-0.2, 0) is 21.6 Å². The Morgan fingerprint density at radius 2 is 1.65 bits per heavy atom. The molecule has 1 amide bonds. The molecule has 0 spiro atoms. The third-order valence-electron chi connectivity index (χ3n) is 4.10. The molecule has 0 aromatic heterocycles. The minimum Gasteiger partial charge on any atom is -0.356 e. The molecule has 0 aliphatic heterocycles. The van der Waals surface area contributed by atoms with E-state index in [1.54, 1.807) is 6.07 Å². The number of ether oxygens (including phenoxy) is 1. The van der Waals surface area contributed by atoms with Crippen molar-refractivity contribution < 1.29 is 22.7 Å². The van der Waals surface area contributed by atoms with Crippen molar-refractivity contribution in [1.82, 2.24) is 5.32 Å². The fourth-order valence-corrected chi connectivity index (χ4v) is 2.75. The van der Waals surface area contributed by atoms with Gasteiger partial charge in [-0.25, -0.2) is 0 Å². The van der Waals surface area contributed by atoms with Gasteiger partial charge in [0.05, 0.1) is 6.04 Å². The van der Waals surface area contributed by atoms with Gasteiger partial charge in [-0.15, -0.1) is 6.58 Å². The summed E-state index contributed by atoms with van der Waals surface area (Å²) in [5.74, 6) is -1.28. The average molecular weight is 363 g/mol. The summed E-state index contributed by atoms with van der Waals surface area (Å²) < 4.78 is 46.4. The second-order valence-electron chi connectivity index (χ2n) is 5.75. The lowest BCUT2D eigenvalue weighted by atomic mass is 9.91. The van der Waals surface area contributed by atoms with Crippen molar-refractivity contribution in [3.8, 4) is 0 Å². The number of nitrogens with one attached hydrogen (secondary N) is 1. The molecule has 0 radical (unpaired) electrons. The lowest BCUT2D eigenvalue weighted by molar-refractivity contribution is -0.266. The van der Waals surface area contributed by atoms with Gasteiger partial charge < -0.3 is 10.1 Å². The molecule has 0 aliphatic carbocycles. The van der Waals surface area contributed by atoms with E-state index in [-0.39, 0.29) is 5.56 Å². The first kappa shape index (κ1) is 19.7. The zero-order chi connectivity index (χ0) is 19.2. The number of methoxy groups -OCH3 is 1. The second kappa shape index (κ2) is 8.19. The fourth-order valence-electron chi connectivity index (χ4n) is 2.75. The fraction of sp³-hybridized carbons (Fsp3) is 0.250. The molecule has 26 heavy (non-hydrogen) atoms. The van der Waals surface area contributed by atoms with E-state index in [1.807, 2.05) is 30.3 Å². The van der Waals surface area contributed by atoms with Gasteiger partial charge in [-0.1, -0.05) is 66.7 Å². The number of carbonyl (C=O) groups excluding carboxylic acids is 1. The highest BCUT2D eigenvalue weighted by atomic mass is 19.4. The summed E-state index contributed by atoms with van der Waals surface area (Å²) in [4.78, 5) is 12.7. The van der Waals surface area contributed by atoms with Crippen LogP contribution in [0.25, 0.3) is 0 Å². The molecule has 0 aliphatic rings. The highest BCUT2D eigenvalue weighted by Gasteiger charge is 2.62. The minimum absolute atomic E-state index is 0.282. The second-order valence-corrected chi connectivity index (χ2v) is 5.75. The number of benzene rings is 2. The molecule has 2 rings (SSSR count). The molecule has 0 heterocycles. The van der Waals surface area contributed by atoms with Gasteiger partial charge >= 0.3 is 6.18 Å². The largest absolute Gasteiger partial charge is 0.430 e. The number of amides is 1. The molecule has 0 saturated carbocycles. The van der Waals surface area contributed by atoms with Crippen molar-refractivity contribution in [3.63, 3.8) is 0 Å². The molecular weight excluding hydrogens is 343 g/mol. The van der Waals surface area contributed by atoms with Gasteiger partial charge in [0.1, 0.15) is 0 Å². The van der Waals surface area contributed by atoms with Crippen LogP contribution in [0.5, 0.6) is 0 Å². The van der Waals surface area contributed by atoms with E-state index < -0.39 is 23.7 Å². The zero-order valence-electron chi connectivity index (χ0n) is 14.3. The molecule has 6 heteroatoms. The minimum atomic E-state index is -4.94. The number of halogens is 3. The molecule has 138 valence electrons. The molecule has 2 atom stereocenters. The quantitative estimate of drug-likeness (QED) is 0.755. The Kier molecular flexibility index (Phi) is 6.21. The molecular formula is C20H20F3NO2. The van der Waals surface area contributed by atoms with Crippen molar-refractivity contribution in [1.29, 1.82) is 0 Å². The van der Waals surface area contributed by atoms with Crippen molar-refractivity contribution in [3.05, 3.63) is 84.4 Å². The van der Waals surface area contributed by atoms with E-state index in [9.17, 15) is 18.0 Å². The maximum atomic E-state index is 13.9. The summed E-state index contributed by atoms with van der Waals surface area (Å²) in [6.07, 6.45) is -3.21. The lowest BCUT2D eigenvalue weighted by Crippen LogP contribution is -2.57. The molecule has 0 fully saturated rings. The Labute approximate surface area is 150 Å². The van der Waals surface area contributed by atoms with Crippen LogP contribution in [0.4, 0.5) is 13.2 Å². The van der Waals surface area contributed by atoms with Gasteiger partial charge in [0.15, 0.2) is 0 Å². The van der Waals surface area contributed by atoms with Crippen LogP contribution in [0.3, 0.4) is 0 Å². The molecule has 2 aromatic rings. The van der Waals surface area contributed by atoms with Crippen molar-refractivity contribution in [2.45, 2.75) is 24.2 Å². The summed E-state index contributed by atoms with van der Waals surface area (Å²) in [6.45, 7) is 3.62. The zero-order valence-corrected chi connectivity index (χ0v) is 14.3. The summed E-state index contributed by atoms with van der Waals surface area (Å²) in [5.41, 5.74) is -2.51. The average Bonchev–Trinajstić information content (AvgIpc) is 2.62. The lowest BCUT2D eigenvalue weighted by Gasteiger charge is -2.34. The smallest absolute Gasteiger partial charge is 0.356 e. The number of hydrogen-bond acceptors (Lipinski definition) is 2. The Morgan fingerprint density at radius 1 is 1.12 bits per heavy atom. The Morgan fingerprint density at radius 3 is 2.12 bits per heavy atom. The Hall–Kier alpha value is -2.60. The van der Waals surface area contributed by atoms with E-state index in [0.29, 0.717) is 6.42 Å². The molecule has 1 unspecified atom stereocenters. The van der Waals surface area contributed by atoms with Crippen LogP contribution in [0.1, 0.15) is 11.1 Å². The summed E-state index contributed by atoms with van der Waals surface area (Å²) >= 11 is 0. The molecule has 2 aromatic carbocycles. The van der Waals surface area contributed by atoms with Crippen LogP contribution in [0, 0.1) is 0 Å². The number of rotatable bonds is 7.